The average molecular weight is 262 g/mol. The van der Waals surface area contributed by atoms with Crippen molar-refractivity contribution in [3.63, 3.8) is 0 Å². The average Bonchev–Trinajstić information content (AvgIpc) is 2.32. The molecule has 0 aliphatic carbocycles. The van der Waals surface area contributed by atoms with Crippen molar-refractivity contribution in [3.05, 3.63) is 16.7 Å². The quantitative estimate of drug-likeness (QED) is 0.795. The number of hydrogen-bond donors (Lipinski definition) is 2. The molecule has 0 radical (unpaired) electrons. The van der Waals surface area contributed by atoms with Gasteiger partial charge in [0.25, 0.3) is 5.56 Å². The molecule has 3 N–H and O–H groups in total. The molecule has 2 rings (SSSR count). The van der Waals surface area contributed by atoms with E-state index >= 15 is 0 Å². The Kier molecular flexibility index (Phi) is 3.18. The number of hydrogen-bond acceptors (Lipinski definition) is 4. The number of piperidine rings is 1. The maximum Gasteiger partial charge on any atom is 0.391 e. The minimum absolute atomic E-state index is 0.00256. The lowest BCUT2D eigenvalue weighted by Crippen LogP contribution is -2.40. The van der Waals surface area contributed by atoms with Crippen LogP contribution in [0.15, 0.2) is 11.1 Å². The number of aromatic nitrogens is 2. The minimum Gasteiger partial charge on any atom is -0.391 e. The van der Waals surface area contributed by atoms with Crippen LogP contribution in [0.4, 0.5) is 24.7 Å². The van der Waals surface area contributed by atoms with Gasteiger partial charge < -0.3 is 15.6 Å². The number of aromatic amines is 1. The summed E-state index contributed by atoms with van der Waals surface area (Å²) in [5, 5.41) is 0. The van der Waals surface area contributed by atoms with E-state index in [0.29, 0.717) is 0 Å². The summed E-state index contributed by atoms with van der Waals surface area (Å²) in [6.45, 7) is 0.398. The number of nitrogens with two attached hydrogens (primary N) is 1. The Labute approximate surface area is 101 Å². The lowest BCUT2D eigenvalue weighted by atomic mass is 9.96. The fraction of sp³-hybridized carbons (Fsp3) is 0.600. The van der Waals surface area contributed by atoms with E-state index in [1.54, 1.807) is 4.90 Å². The summed E-state index contributed by atoms with van der Waals surface area (Å²) in [7, 11) is 0. The Morgan fingerprint density at radius 3 is 2.56 bits per heavy atom. The highest BCUT2D eigenvalue weighted by Crippen LogP contribution is 2.35. The molecular formula is C10H13F3N4O. The molecule has 0 amide bonds. The third-order valence-corrected chi connectivity index (χ3v) is 3.13. The Bertz CT molecular complexity index is 477. The SMILES string of the molecule is Nc1c(N2CCC(C(F)(F)F)CC2)nc[nH]c1=O. The van der Waals surface area contributed by atoms with Crippen LogP contribution in [0.2, 0.25) is 0 Å². The molecule has 5 nitrogen and oxygen atoms in total. The van der Waals surface area contributed by atoms with E-state index in [9.17, 15) is 18.0 Å². The summed E-state index contributed by atoms with van der Waals surface area (Å²) >= 11 is 0. The van der Waals surface area contributed by atoms with E-state index in [4.69, 9.17) is 5.73 Å². The van der Waals surface area contributed by atoms with Gasteiger partial charge in [0, 0.05) is 13.1 Å². The monoisotopic (exact) mass is 262 g/mol. The number of nitrogens with zero attached hydrogens (tertiary/aromatic N) is 2. The summed E-state index contributed by atoms with van der Waals surface area (Å²) in [5.74, 6) is -1.02. The van der Waals surface area contributed by atoms with Crippen molar-refractivity contribution >= 4 is 11.5 Å². The van der Waals surface area contributed by atoms with Crippen molar-refractivity contribution < 1.29 is 13.2 Å². The van der Waals surface area contributed by atoms with Gasteiger partial charge in [-0.3, -0.25) is 4.79 Å². The van der Waals surface area contributed by atoms with Crippen molar-refractivity contribution in [2.24, 2.45) is 5.92 Å². The molecule has 0 saturated carbocycles. The number of H-pyrrole nitrogens is 1. The highest BCUT2D eigenvalue weighted by Gasteiger charge is 2.41. The number of nitrogens with one attached hydrogen (secondary N) is 1. The molecule has 1 aromatic heterocycles. The zero-order chi connectivity index (χ0) is 13.3. The van der Waals surface area contributed by atoms with E-state index < -0.39 is 17.7 Å². The maximum absolute atomic E-state index is 12.5. The van der Waals surface area contributed by atoms with E-state index in [-0.39, 0.29) is 37.4 Å². The lowest BCUT2D eigenvalue weighted by Gasteiger charge is -2.33. The van der Waals surface area contributed by atoms with Crippen molar-refractivity contribution in [1.82, 2.24) is 9.97 Å². The summed E-state index contributed by atoms with van der Waals surface area (Å²) in [4.78, 5) is 19.1. The first-order valence-corrected chi connectivity index (χ1v) is 5.54. The van der Waals surface area contributed by atoms with E-state index in [0.717, 1.165) is 0 Å². The first-order valence-electron chi connectivity index (χ1n) is 5.54. The second kappa shape index (κ2) is 4.51. The fourth-order valence-corrected chi connectivity index (χ4v) is 2.07. The summed E-state index contributed by atoms with van der Waals surface area (Å²) in [6.07, 6.45) is -2.96. The molecule has 0 atom stereocenters. The van der Waals surface area contributed by atoms with Gasteiger partial charge in [0.1, 0.15) is 5.69 Å². The van der Waals surface area contributed by atoms with Gasteiger partial charge in [0.05, 0.1) is 12.2 Å². The molecule has 1 aliphatic heterocycles. The molecule has 0 bridgehead atoms. The van der Waals surface area contributed by atoms with Crippen molar-refractivity contribution in [2.75, 3.05) is 23.7 Å². The van der Waals surface area contributed by atoms with Gasteiger partial charge in [0.15, 0.2) is 5.82 Å². The predicted molar refractivity (Wildman–Crippen MR) is 60.3 cm³/mol. The Morgan fingerprint density at radius 1 is 1.39 bits per heavy atom. The van der Waals surface area contributed by atoms with Gasteiger partial charge in [-0.15, -0.1) is 0 Å². The maximum atomic E-state index is 12.5. The molecule has 1 aromatic rings. The van der Waals surface area contributed by atoms with Gasteiger partial charge in [-0.1, -0.05) is 0 Å². The highest BCUT2D eigenvalue weighted by atomic mass is 19.4. The summed E-state index contributed by atoms with van der Waals surface area (Å²) in [5.41, 5.74) is 5.04. The van der Waals surface area contributed by atoms with Crippen LogP contribution >= 0.6 is 0 Å². The Balaban J connectivity index is 2.11. The molecule has 1 aliphatic rings. The zero-order valence-corrected chi connectivity index (χ0v) is 9.50. The van der Waals surface area contributed by atoms with Gasteiger partial charge in [-0.25, -0.2) is 4.98 Å². The number of rotatable bonds is 1. The largest absolute Gasteiger partial charge is 0.391 e. The molecule has 1 saturated heterocycles. The van der Waals surface area contributed by atoms with E-state index in [1.165, 1.54) is 6.33 Å². The third kappa shape index (κ3) is 2.41. The Morgan fingerprint density at radius 2 is 2.00 bits per heavy atom. The predicted octanol–water partition coefficient (Wildman–Crippen LogP) is 1.13. The van der Waals surface area contributed by atoms with Crippen LogP contribution in [0.25, 0.3) is 0 Å². The van der Waals surface area contributed by atoms with Crippen LogP contribution in [-0.4, -0.2) is 29.2 Å². The van der Waals surface area contributed by atoms with Crippen LogP contribution in [-0.2, 0) is 0 Å². The molecule has 0 aromatic carbocycles. The van der Waals surface area contributed by atoms with Crippen molar-refractivity contribution in [3.8, 4) is 0 Å². The molecule has 2 heterocycles. The normalized spacial score (nSPS) is 18.1. The molecule has 18 heavy (non-hydrogen) atoms. The molecular weight excluding hydrogens is 249 g/mol. The van der Waals surface area contributed by atoms with Crippen molar-refractivity contribution in [2.45, 2.75) is 19.0 Å². The van der Waals surface area contributed by atoms with Crippen LogP contribution < -0.4 is 16.2 Å². The summed E-state index contributed by atoms with van der Waals surface area (Å²) < 4.78 is 37.5. The van der Waals surface area contributed by atoms with Gasteiger partial charge in [0.2, 0.25) is 0 Å². The Hall–Kier alpha value is -1.73. The molecule has 8 heteroatoms. The second-order valence-corrected chi connectivity index (χ2v) is 4.27. The summed E-state index contributed by atoms with van der Waals surface area (Å²) in [6, 6.07) is 0. The highest BCUT2D eigenvalue weighted by molar-refractivity contribution is 5.60. The number of alkyl halides is 3. The molecule has 0 spiro atoms. The van der Waals surface area contributed by atoms with Crippen LogP contribution in [0, 0.1) is 5.92 Å². The first-order chi connectivity index (χ1) is 8.39. The third-order valence-electron chi connectivity index (χ3n) is 3.13. The second-order valence-electron chi connectivity index (χ2n) is 4.27. The standard InChI is InChI=1S/C10H13F3N4O/c11-10(12,13)6-1-3-17(4-2-6)8-7(14)9(18)16-5-15-8/h5-6H,1-4,14H2,(H,15,16,18). The van der Waals surface area contributed by atoms with E-state index in [2.05, 4.69) is 9.97 Å². The van der Waals surface area contributed by atoms with Crippen LogP contribution in [0.5, 0.6) is 0 Å². The zero-order valence-electron chi connectivity index (χ0n) is 9.50. The number of anilines is 2. The van der Waals surface area contributed by atoms with Crippen LogP contribution in [0.3, 0.4) is 0 Å². The number of halogens is 3. The van der Waals surface area contributed by atoms with Gasteiger partial charge in [-0.05, 0) is 12.8 Å². The molecule has 100 valence electrons. The topological polar surface area (TPSA) is 75.0 Å². The lowest BCUT2D eigenvalue weighted by molar-refractivity contribution is -0.179. The molecule has 0 unspecified atom stereocenters. The number of nitrogen functional groups attached to an aromatic ring is 1. The minimum atomic E-state index is -4.15. The van der Waals surface area contributed by atoms with E-state index in [1.807, 2.05) is 0 Å². The molecule has 1 fully saturated rings. The fourth-order valence-electron chi connectivity index (χ4n) is 2.07. The van der Waals surface area contributed by atoms with Gasteiger partial charge in [-0.2, -0.15) is 13.2 Å². The van der Waals surface area contributed by atoms with Gasteiger partial charge >= 0.3 is 6.18 Å². The van der Waals surface area contributed by atoms with Crippen molar-refractivity contribution in [1.29, 1.82) is 0 Å². The first kappa shape index (κ1) is 12.7. The smallest absolute Gasteiger partial charge is 0.391 e. The van der Waals surface area contributed by atoms with Crippen LogP contribution in [0.1, 0.15) is 12.8 Å².